The zero-order valence-corrected chi connectivity index (χ0v) is 12.8. The van der Waals surface area contributed by atoms with Crippen molar-refractivity contribution in [1.82, 2.24) is 4.98 Å². The van der Waals surface area contributed by atoms with Gasteiger partial charge in [0, 0.05) is 18.3 Å². The van der Waals surface area contributed by atoms with Crippen LogP contribution in [-0.4, -0.2) is 4.98 Å². The van der Waals surface area contributed by atoms with Crippen LogP contribution in [0.25, 0.3) is 0 Å². The number of rotatable bonds is 1. The zero-order chi connectivity index (χ0) is 14.4. The summed E-state index contributed by atoms with van der Waals surface area (Å²) in [7, 11) is 0. The smallest absolute Gasteiger partial charge is 0.0826 e. The van der Waals surface area contributed by atoms with Gasteiger partial charge in [-0.3, -0.25) is 4.98 Å². The summed E-state index contributed by atoms with van der Waals surface area (Å²) in [5.74, 6) is 0.889. The van der Waals surface area contributed by atoms with Gasteiger partial charge in [-0.1, -0.05) is 47.5 Å². The van der Waals surface area contributed by atoms with Crippen molar-refractivity contribution in [2.24, 2.45) is 5.92 Å². The number of halogens is 2. The molecule has 2 heterocycles. The van der Waals surface area contributed by atoms with Crippen LogP contribution in [0.1, 0.15) is 29.5 Å². The maximum Gasteiger partial charge on any atom is 0.0826 e. The zero-order valence-electron chi connectivity index (χ0n) is 11.3. The SMILES string of the molecule is Clc1ccc2c(c1Cl)N[C@@H](c1cccnc1)[C@H]1CC=C[C@@H]21. The van der Waals surface area contributed by atoms with E-state index in [1.165, 1.54) is 11.1 Å². The molecule has 1 aliphatic heterocycles. The third-order valence-corrected chi connectivity index (χ3v) is 5.27. The molecule has 4 heteroatoms. The first-order valence-corrected chi connectivity index (χ1v) is 7.82. The highest BCUT2D eigenvalue weighted by Gasteiger charge is 2.38. The molecule has 2 aromatic rings. The number of aromatic nitrogens is 1. The van der Waals surface area contributed by atoms with Gasteiger partial charge < -0.3 is 5.32 Å². The minimum atomic E-state index is 0.210. The second-order valence-corrected chi connectivity index (χ2v) is 6.37. The van der Waals surface area contributed by atoms with E-state index >= 15 is 0 Å². The predicted molar refractivity (Wildman–Crippen MR) is 87.1 cm³/mol. The molecule has 4 rings (SSSR count). The van der Waals surface area contributed by atoms with Crippen LogP contribution in [0.5, 0.6) is 0 Å². The third kappa shape index (κ3) is 2.05. The van der Waals surface area contributed by atoms with Crippen molar-refractivity contribution in [3.05, 3.63) is 70.0 Å². The van der Waals surface area contributed by atoms with E-state index in [0.717, 1.165) is 12.1 Å². The van der Waals surface area contributed by atoms with Gasteiger partial charge in [0.2, 0.25) is 0 Å². The third-order valence-electron chi connectivity index (χ3n) is 4.47. The quantitative estimate of drug-likeness (QED) is 0.730. The topological polar surface area (TPSA) is 24.9 Å². The second-order valence-electron chi connectivity index (χ2n) is 5.59. The van der Waals surface area contributed by atoms with Crippen LogP contribution in [0.15, 0.2) is 48.8 Å². The second kappa shape index (κ2) is 5.04. The summed E-state index contributed by atoms with van der Waals surface area (Å²) in [5.41, 5.74) is 3.40. The summed E-state index contributed by atoms with van der Waals surface area (Å²) in [6, 6.07) is 8.27. The van der Waals surface area contributed by atoms with Crippen molar-refractivity contribution in [2.75, 3.05) is 5.32 Å². The lowest BCUT2D eigenvalue weighted by molar-refractivity contribution is 0.425. The van der Waals surface area contributed by atoms with E-state index in [2.05, 4.69) is 34.6 Å². The number of nitrogens with one attached hydrogen (secondary N) is 1. The molecule has 3 atom stereocenters. The molecule has 2 aliphatic rings. The Morgan fingerprint density at radius 2 is 2.10 bits per heavy atom. The van der Waals surface area contributed by atoms with Gasteiger partial charge in [-0.15, -0.1) is 0 Å². The average molecular weight is 317 g/mol. The van der Waals surface area contributed by atoms with Gasteiger partial charge in [0.15, 0.2) is 0 Å². The Kier molecular flexibility index (Phi) is 3.16. The molecule has 0 bridgehead atoms. The molecule has 21 heavy (non-hydrogen) atoms. The van der Waals surface area contributed by atoms with E-state index in [-0.39, 0.29) is 6.04 Å². The van der Waals surface area contributed by atoms with Crippen LogP contribution in [-0.2, 0) is 0 Å². The Bertz CT molecular complexity index is 712. The summed E-state index contributed by atoms with van der Waals surface area (Å²) < 4.78 is 0. The minimum Gasteiger partial charge on any atom is -0.376 e. The normalized spacial score (nSPS) is 26.1. The monoisotopic (exact) mass is 316 g/mol. The number of nitrogens with zero attached hydrogens (tertiary/aromatic N) is 1. The fraction of sp³-hybridized carbons (Fsp3) is 0.235. The number of fused-ring (bicyclic) bond motifs is 3. The molecule has 1 aromatic heterocycles. The Morgan fingerprint density at radius 3 is 2.90 bits per heavy atom. The number of allylic oxidation sites excluding steroid dienone is 2. The molecule has 0 saturated carbocycles. The lowest BCUT2D eigenvalue weighted by Gasteiger charge is -2.37. The first kappa shape index (κ1) is 13.2. The van der Waals surface area contributed by atoms with Crippen LogP contribution in [0, 0.1) is 5.92 Å². The highest BCUT2D eigenvalue weighted by molar-refractivity contribution is 6.43. The van der Waals surface area contributed by atoms with E-state index in [1.807, 2.05) is 18.3 Å². The van der Waals surface area contributed by atoms with Crippen LogP contribution in [0.2, 0.25) is 10.0 Å². The molecule has 0 radical (unpaired) electrons. The Balaban J connectivity index is 1.85. The molecular weight excluding hydrogens is 303 g/mol. The number of benzene rings is 1. The highest BCUT2D eigenvalue weighted by atomic mass is 35.5. The van der Waals surface area contributed by atoms with Gasteiger partial charge >= 0.3 is 0 Å². The molecule has 2 nitrogen and oxygen atoms in total. The summed E-state index contributed by atoms with van der Waals surface area (Å²) in [4.78, 5) is 4.25. The van der Waals surface area contributed by atoms with Gasteiger partial charge in [-0.2, -0.15) is 0 Å². The van der Waals surface area contributed by atoms with Gasteiger partial charge in [0.25, 0.3) is 0 Å². The minimum absolute atomic E-state index is 0.210. The van der Waals surface area contributed by atoms with E-state index in [4.69, 9.17) is 23.2 Å². The molecule has 1 aliphatic carbocycles. The Labute approximate surface area is 133 Å². The number of pyridine rings is 1. The molecule has 0 spiro atoms. The average Bonchev–Trinajstić information content (AvgIpc) is 3.00. The maximum absolute atomic E-state index is 6.42. The molecule has 1 N–H and O–H groups in total. The molecule has 0 amide bonds. The van der Waals surface area contributed by atoms with Crippen LogP contribution in [0.3, 0.4) is 0 Å². The largest absolute Gasteiger partial charge is 0.376 e. The molecule has 0 unspecified atom stereocenters. The van der Waals surface area contributed by atoms with Gasteiger partial charge in [-0.25, -0.2) is 0 Å². The fourth-order valence-corrected chi connectivity index (χ4v) is 3.88. The summed E-state index contributed by atoms with van der Waals surface area (Å²) in [5, 5.41) is 4.80. The van der Waals surface area contributed by atoms with Crippen LogP contribution >= 0.6 is 23.2 Å². The highest BCUT2D eigenvalue weighted by Crippen LogP contribution is 2.52. The van der Waals surface area contributed by atoms with Crippen molar-refractivity contribution in [1.29, 1.82) is 0 Å². The molecule has 1 aromatic carbocycles. The number of hydrogen-bond donors (Lipinski definition) is 1. The summed E-state index contributed by atoms with van der Waals surface area (Å²) in [6.07, 6.45) is 9.35. The Hall–Kier alpha value is -1.51. The van der Waals surface area contributed by atoms with E-state index < -0.39 is 0 Å². The van der Waals surface area contributed by atoms with Crippen molar-refractivity contribution >= 4 is 28.9 Å². The van der Waals surface area contributed by atoms with Crippen molar-refractivity contribution < 1.29 is 0 Å². The van der Waals surface area contributed by atoms with Crippen molar-refractivity contribution in [2.45, 2.75) is 18.4 Å². The number of anilines is 1. The predicted octanol–water partition coefficient (Wildman–Crippen LogP) is 5.21. The van der Waals surface area contributed by atoms with Crippen LogP contribution in [0.4, 0.5) is 5.69 Å². The summed E-state index contributed by atoms with van der Waals surface area (Å²) >= 11 is 12.6. The molecular formula is C17H14Cl2N2. The first-order chi connectivity index (χ1) is 10.3. The first-order valence-electron chi connectivity index (χ1n) is 7.06. The lowest BCUT2D eigenvalue weighted by Crippen LogP contribution is -2.29. The number of hydrogen-bond acceptors (Lipinski definition) is 2. The fourth-order valence-electron chi connectivity index (χ4n) is 3.49. The van der Waals surface area contributed by atoms with E-state index in [0.29, 0.717) is 21.9 Å². The Morgan fingerprint density at radius 1 is 1.19 bits per heavy atom. The van der Waals surface area contributed by atoms with E-state index in [1.54, 1.807) is 6.20 Å². The van der Waals surface area contributed by atoms with Gasteiger partial charge in [0.1, 0.15) is 0 Å². The van der Waals surface area contributed by atoms with Crippen LogP contribution < -0.4 is 5.32 Å². The lowest BCUT2D eigenvalue weighted by atomic mass is 9.77. The van der Waals surface area contributed by atoms with Crippen molar-refractivity contribution in [3.63, 3.8) is 0 Å². The molecule has 0 fully saturated rings. The summed E-state index contributed by atoms with van der Waals surface area (Å²) in [6.45, 7) is 0. The standard InChI is InChI=1S/C17H14Cl2N2/c18-14-7-6-13-11-4-1-5-12(11)16(21-17(13)15(14)19)10-3-2-8-20-9-10/h1-4,6-9,11-12,16,21H,5H2/t11-,12+,16+/m1/s1. The van der Waals surface area contributed by atoms with E-state index in [9.17, 15) is 0 Å². The maximum atomic E-state index is 6.42. The van der Waals surface area contributed by atoms with Gasteiger partial charge in [-0.05, 0) is 35.6 Å². The molecule has 106 valence electrons. The van der Waals surface area contributed by atoms with Crippen molar-refractivity contribution in [3.8, 4) is 0 Å². The van der Waals surface area contributed by atoms with Gasteiger partial charge in [0.05, 0.1) is 21.8 Å². The molecule has 0 saturated heterocycles.